The minimum Gasteiger partial charge on any atom is -0.466 e. The Morgan fingerprint density at radius 1 is 1.04 bits per heavy atom. The van der Waals surface area contributed by atoms with Gasteiger partial charge in [0.05, 0.1) is 41.9 Å². The number of benzene rings is 1. The lowest BCUT2D eigenvalue weighted by molar-refractivity contribution is -0.145. The van der Waals surface area contributed by atoms with Gasteiger partial charge in [0.2, 0.25) is 0 Å². The number of anilines is 1. The fraction of sp³-hybridized carbons (Fsp3) is 0.514. The van der Waals surface area contributed by atoms with Crippen molar-refractivity contribution in [3.05, 3.63) is 76.0 Å². The van der Waals surface area contributed by atoms with Crippen molar-refractivity contribution in [1.29, 1.82) is 0 Å². The standard InChI is InChI=1S/C35H37F6N3O4/c1-4-20-7-8-21(27-17-28(27)32(45)47-5-2)15-26(20)25-9-10-30(43-11-6-12-43)42-29(25)18-44-19(3)31(48-33(44)46)22-13-23(34(36,37)38)16-24(14-22)35(39,40)41/h7-10,13-14,16,19,21,27-28,31H,4-6,11-12,15,17-18H2,1-3H3/t19-,21?,27-,28+,31-/m0/s1. The van der Waals surface area contributed by atoms with Crippen LogP contribution in [0.1, 0.15) is 80.5 Å². The lowest BCUT2D eigenvalue weighted by Gasteiger charge is -2.33. The number of rotatable bonds is 9. The van der Waals surface area contributed by atoms with Crippen LogP contribution in [0.3, 0.4) is 0 Å². The van der Waals surface area contributed by atoms with Gasteiger partial charge in [-0.3, -0.25) is 9.69 Å². The van der Waals surface area contributed by atoms with Gasteiger partial charge in [0.1, 0.15) is 11.9 Å². The highest BCUT2D eigenvalue weighted by atomic mass is 19.4. The lowest BCUT2D eigenvalue weighted by Crippen LogP contribution is -2.38. The normalized spacial score (nSPS) is 25.7. The fourth-order valence-corrected chi connectivity index (χ4v) is 6.96. The number of alkyl halides is 6. The third-order valence-electron chi connectivity index (χ3n) is 9.85. The average Bonchev–Trinajstić information content (AvgIpc) is 3.76. The van der Waals surface area contributed by atoms with Crippen molar-refractivity contribution in [3.8, 4) is 0 Å². The van der Waals surface area contributed by atoms with E-state index in [-0.39, 0.29) is 41.9 Å². The van der Waals surface area contributed by atoms with Gasteiger partial charge in [-0.05, 0) is 98.4 Å². The van der Waals surface area contributed by atoms with E-state index in [4.69, 9.17) is 14.5 Å². The minimum absolute atomic E-state index is 0.0572. The number of carbonyl (C=O) groups is 2. The number of ether oxygens (including phenoxy) is 2. The van der Waals surface area contributed by atoms with E-state index >= 15 is 0 Å². The van der Waals surface area contributed by atoms with Crippen LogP contribution < -0.4 is 4.90 Å². The molecule has 258 valence electrons. The monoisotopic (exact) mass is 677 g/mol. The molecule has 2 saturated heterocycles. The molecule has 5 atom stereocenters. The van der Waals surface area contributed by atoms with Crippen LogP contribution in [-0.2, 0) is 33.2 Å². The number of cyclic esters (lactones) is 1. The number of aromatic nitrogens is 1. The van der Waals surface area contributed by atoms with Gasteiger partial charge in [-0.1, -0.05) is 19.1 Å². The van der Waals surface area contributed by atoms with Gasteiger partial charge in [0.25, 0.3) is 0 Å². The maximum Gasteiger partial charge on any atom is 0.416 e. The maximum absolute atomic E-state index is 13.6. The highest BCUT2D eigenvalue weighted by Crippen LogP contribution is 2.51. The first-order valence-corrected chi connectivity index (χ1v) is 16.3. The number of allylic oxidation sites excluding steroid dienone is 4. The smallest absolute Gasteiger partial charge is 0.416 e. The van der Waals surface area contributed by atoms with Crippen molar-refractivity contribution >= 4 is 23.5 Å². The van der Waals surface area contributed by atoms with Gasteiger partial charge in [0, 0.05) is 18.7 Å². The van der Waals surface area contributed by atoms with Crippen LogP contribution in [0, 0.1) is 17.8 Å². The molecule has 2 aliphatic heterocycles. The van der Waals surface area contributed by atoms with Gasteiger partial charge < -0.3 is 14.4 Å². The average molecular weight is 678 g/mol. The van der Waals surface area contributed by atoms with E-state index in [9.17, 15) is 35.9 Å². The van der Waals surface area contributed by atoms with E-state index in [2.05, 4.69) is 17.1 Å². The molecule has 1 amide bonds. The summed E-state index contributed by atoms with van der Waals surface area (Å²) in [6.07, 6.45) is -4.97. The summed E-state index contributed by atoms with van der Waals surface area (Å²) in [4.78, 5) is 34.1. The number of halogens is 6. The Bertz CT molecular complexity index is 1620. The number of pyridine rings is 1. The van der Waals surface area contributed by atoms with Crippen molar-refractivity contribution in [2.45, 2.75) is 77.5 Å². The quantitative estimate of drug-likeness (QED) is 0.196. The van der Waals surface area contributed by atoms with E-state index in [1.165, 1.54) is 4.90 Å². The molecule has 6 rings (SSSR count). The maximum atomic E-state index is 13.6. The lowest BCUT2D eigenvalue weighted by atomic mass is 9.81. The molecule has 3 heterocycles. The Morgan fingerprint density at radius 3 is 2.31 bits per heavy atom. The molecule has 1 aromatic heterocycles. The van der Waals surface area contributed by atoms with E-state index in [1.54, 1.807) is 13.8 Å². The SMILES string of the molecule is CCOC(=O)[C@@H]1C[C@H]1C1C=CC(CC)=C(c2ccc(N3CCC3)nc2CN2C(=O)O[C@H](c3cc(C(F)(F)F)cc(C(F)(F)F)c3)[C@@H]2C)C1. The molecule has 48 heavy (non-hydrogen) atoms. The van der Waals surface area contributed by atoms with Gasteiger partial charge in [-0.25, -0.2) is 9.78 Å². The summed E-state index contributed by atoms with van der Waals surface area (Å²) in [5, 5.41) is 0. The van der Waals surface area contributed by atoms with Crippen LogP contribution in [0.5, 0.6) is 0 Å². The first kappa shape index (κ1) is 33.9. The third kappa shape index (κ3) is 6.64. The van der Waals surface area contributed by atoms with Crippen LogP contribution >= 0.6 is 0 Å². The summed E-state index contributed by atoms with van der Waals surface area (Å²) in [5.41, 5.74) is 0.136. The predicted octanol–water partition coefficient (Wildman–Crippen LogP) is 8.35. The topological polar surface area (TPSA) is 72.0 Å². The van der Waals surface area contributed by atoms with Gasteiger partial charge in [-0.15, -0.1) is 0 Å². The van der Waals surface area contributed by atoms with Gasteiger partial charge >= 0.3 is 24.4 Å². The molecule has 13 heteroatoms. The van der Waals surface area contributed by atoms with Crippen LogP contribution in [-0.4, -0.2) is 47.7 Å². The second-order valence-electron chi connectivity index (χ2n) is 12.9. The summed E-state index contributed by atoms with van der Waals surface area (Å²) in [5.74, 6) is 0.616. The highest BCUT2D eigenvalue weighted by Gasteiger charge is 2.49. The zero-order valence-corrected chi connectivity index (χ0v) is 26.8. The zero-order chi connectivity index (χ0) is 34.5. The molecule has 4 aliphatic rings. The van der Waals surface area contributed by atoms with Crippen LogP contribution in [0.4, 0.5) is 37.0 Å². The largest absolute Gasteiger partial charge is 0.466 e. The Hall–Kier alpha value is -4.03. The summed E-state index contributed by atoms with van der Waals surface area (Å²) in [6.45, 7) is 7.25. The molecule has 1 aromatic carbocycles. The minimum atomic E-state index is -5.04. The van der Waals surface area contributed by atoms with E-state index < -0.39 is 41.7 Å². The summed E-state index contributed by atoms with van der Waals surface area (Å²) < 4.78 is 92.5. The summed E-state index contributed by atoms with van der Waals surface area (Å²) in [7, 11) is 0. The molecule has 2 aromatic rings. The van der Waals surface area contributed by atoms with Crippen molar-refractivity contribution in [2.24, 2.45) is 17.8 Å². The van der Waals surface area contributed by atoms with E-state index in [0.29, 0.717) is 30.9 Å². The molecule has 0 spiro atoms. The van der Waals surface area contributed by atoms with E-state index in [0.717, 1.165) is 54.9 Å². The van der Waals surface area contributed by atoms with Crippen LogP contribution in [0.25, 0.3) is 5.57 Å². The second-order valence-corrected chi connectivity index (χ2v) is 12.9. The molecule has 2 aliphatic carbocycles. The van der Waals surface area contributed by atoms with Crippen LogP contribution in [0.15, 0.2) is 48.1 Å². The first-order chi connectivity index (χ1) is 22.7. The predicted molar refractivity (Wildman–Crippen MR) is 164 cm³/mol. The molecule has 0 bridgehead atoms. The molecule has 1 saturated carbocycles. The zero-order valence-electron chi connectivity index (χ0n) is 26.8. The van der Waals surface area contributed by atoms with Crippen molar-refractivity contribution in [1.82, 2.24) is 9.88 Å². The number of carbonyl (C=O) groups excluding carboxylic acids is 2. The van der Waals surface area contributed by atoms with E-state index in [1.807, 2.05) is 19.1 Å². The number of esters is 1. The van der Waals surface area contributed by atoms with Crippen molar-refractivity contribution in [3.63, 3.8) is 0 Å². The molecular weight excluding hydrogens is 640 g/mol. The Morgan fingerprint density at radius 2 is 1.73 bits per heavy atom. The number of hydrogen-bond donors (Lipinski definition) is 0. The molecular formula is C35H37F6N3O4. The molecule has 0 N–H and O–H groups in total. The Balaban J connectivity index is 1.32. The molecule has 0 radical (unpaired) electrons. The van der Waals surface area contributed by atoms with Gasteiger partial charge in [-0.2, -0.15) is 26.3 Å². The second kappa shape index (κ2) is 12.8. The summed E-state index contributed by atoms with van der Waals surface area (Å²) >= 11 is 0. The van der Waals surface area contributed by atoms with Crippen molar-refractivity contribution < 1.29 is 45.4 Å². The van der Waals surface area contributed by atoms with Gasteiger partial charge in [0.15, 0.2) is 0 Å². The molecule has 3 fully saturated rings. The fourth-order valence-electron chi connectivity index (χ4n) is 6.96. The van der Waals surface area contributed by atoms with Crippen molar-refractivity contribution in [2.75, 3.05) is 24.6 Å². The first-order valence-electron chi connectivity index (χ1n) is 16.3. The Kier molecular flexibility index (Phi) is 9.01. The Labute approximate surface area is 274 Å². The highest BCUT2D eigenvalue weighted by molar-refractivity contribution is 5.78. The molecule has 7 nitrogen and oxygen atoms in total. The van der Waals surface area contributed by atoms with Crippen LogP contribution in [0.2, 0.25) is 0 Å². The number of amides is 1. The summed E-state index contributed by atoms with van der Waals surface area (Å²) in [6, 6.07) is 4.27. The third-order valence-corrected chi connectivity index (χ3v) is 9.85. The number of nitrogens with zero attached hydrogens (tertiary/aromatic N) is 3. The number of hydrogen-bond acceptors (Lipinski definition) is 6. The molecule has 1 unspecified atom stereocenters.